The van der Waals surface area contributed by atoms with E-state index in [1.54, 1.807) is 43.2 Å². The second-order valence-electron chi connectivity index (χ2n) is 10.9. The summed E-state index contributed by atoms with van der Waals surface area (Å²) in [6, 6.07) is 28.6. The first-order chi connectivity index (χ1) is 22.2. The second kappa shape index (κ2) is 16.7. The number of ether oxygens (including phenoxy) is 1. The van der Waals surface area contributed by atoms with Crippen LogP contribution in [0.4, 0.5) is 4.39 Å². The van der Waals surface area contributed by atoms with E-state index in [0.29, 0.717) is 31.4 Å². The number of rotatable bonds is 16. The molecule has 0 aliphatic carbocycles. The molecule has 10 heteroatoms. The van der Waals surface area contributed by atoms with Crippen LogP contribution in [0.5, 0.6) is 5.75 Å². The van der Waals surface area contributed by atoms with Gasteiger partial charge in [0.05, 0.1) is 12.0 Å². The molecule has 0 saturated heterocycles. The van der Waals surface area contributed by atoms with Crippen molar-refractivity contribution < 1.29 is 27.1 Å². The fourth-order valence-electron chi connectivity index (χ4n) is 5.08. The van der Waals surface area contributed by atoms with E-state index in [1.165, 1.54) is 24.3 Å². The van der Waals surface area contributed by atoms with Crippen molar-refractivity contribution >= 4 is 21.8 Å². The van der Waals surface area contributed by atoms with E-state index in [1.807, 2.05) is 54.6 Å². The van der Waals surface area contributed by atoms with Crippen molar-refractivity contribution in [2.24, 2.45) is 0 Å². The maximum absolute atomic E-state index is 13.9. The largest absolute Gasteiger partial charge is 0.497 e. The van der Waals surface area contributed by atoms with Gasteiger partial charge in [-0.3, -0.25) is 9.59 Å². The zero-order valence-electron chi connectivity index (χ0n) is 26.1. The van der Waals surface area contributed by atoms with Crippen molar-refractivity contribution in [2.75, 3.05) is 20.2 Å². The molecule has 1 atom stereocenters. The number of hydrogen-bond donors (Lipinski definition) is 2. The molecule has 4 aromatic carbocycles. The van der Waals surface area contributed by atoms with Gasteiger partial charge in [0, 0.05) is 32.5 Å². The molecule has 4 aromatic rings. The molecule has 8 nitrogen and oxygen atoms in total. The summed E-state index contributed by atoms with van der Waals surface area (Å²) in [7, 11) is -1.98. The summed E-state index contributed by atoms with van der Waals surface area (Å²) in [5.74, 6) is -0.177. The quantitative estimate of drug-likeness (QED) is 0.177. The summed E-state index contributed by atoms with van der Waals surface area (Å²) in [5, 5.41) is 3.03. The van der Waals surface area contributed by atoms with Crippen molar-refractivity contribution in [3.63, 3.8) is 0 Å². The number of amides is 2. The van der Waals surface area contributed by atoms with Gasteiger partial charge in [-0.05, 0) is 71.5 Å². The van der Waals surface area contributed by atoms with Crippen LogP contribution in [0.3, 0.4) is 0 Å². The molecule has 0 unspecified atom stereocenters. The Bertz CT molecular complexity index is 1660. The third-order valence-corrected chi connectivity index (χ3v) is 9.17. The van der Waals surface area contributed by atoms with Crippen molar-refractivity contribution in [1.82, 2.24) is 14.9 Å². The Labute approximate surface area is 270 Å². The lowest BCUT2D eigenvalue weighted by Crippen LogP contribution is -2.50. The van der Waals surface area contributed by atoms with Crippen LogP contribution in [0.1, 0.15) is 35.6 Å². The minimum atomic E-state index is -3.59. The van der Waals surface area contributed by atoms with Gasteiger partial charge in [0.15, 0.2) is 0 Å². The number of aryl methyl sites for hydroxylation is 1. The molecular weight excluding hydrogens is 605 g/mol. The molecule has 0 aliphatic heterocycles. The Hall–Kier alpha value is -4.54. The first-order valence-electron chi connectivity index (χ1n) is 15.3. The van der Waals surface area contributed by atoms with Gasteiger partial charge in [-0.15, -0.1) is 0 Å². The van der Waals surface area contributed by atoms with Gasteiger partial charge in [0.25, 0.3) is 0 Å². The van der Waals surface area contributed by atoms with E-state index < -0.39 is 21.9 Å². The van der Waals surface area contributed by atoms with Crippen LogP contribution in [0, 0.1) is 5.82 Å². The molecule has 0 fully saturated rings. The van der Waals surface area contributed by atoms with E-state index in [2.05, 4.69) is 10.0 Å². The van der Waals surface area contributed by atoms with Gasteiger partial charge in [-0.2, -0.15) is 0 Å². The van der Waals surface area contributed by atoms with Gasteiger partial charge in [-0.25, -0.2) is 17.5 Å². The van der Waals surface area contributed by atoms with Crippen LogP contribution >= 0.6 is 0 Å². The number of carbonyl (C=O) groups is 2. The normalized spacial score (nSPS) is 11.9. The second-order valence-corrected chi connectivity index (χ2v) is 12.7. The van der Waals surface area contributed by atoms with Crippen molar-refractivity contribution in [3.8, 4) is 5.75 Å². The fourth-order valence-corrected chi connectivity index (χ4v) is 6.13. The first kappa shape index (κ1) is 34.3. The van der Waals surface area contributed by atoms with Crippen LogP contribution in [-0.4, -0.2) is 51.4 Å². The van der Waals surface area contributed by atoms with E-state index in [0.717, 1.165) is 22.4 Å². The molecule has 242 valence electrons. The first-order valence-corrected chi connectivity index (χ1v) is 16.7. The van der Waals surface area contributed by atoms with E-state index in [9.17, 15) is 22.4 Å². The number of carbonyl (C=O) groups excluding carboxylic acids is 2. The average Bonchev–Trinajstić information content (AvgIpc) is 3.07. The van der Waals surface area contributed by atoms with Crippen LogP contribution in [0.25, 0.3) is 0 Å². The van der Waals surface area contributed by atoms with Gasteiger partial charge in [-0.1, -0.05) is 73.7 Å². The number of hydrogen-bond acceptors (Lipinski definition) is 5. The third-order valence-electron chi connectivity index (χ3n) is 7.60. The average molecular weight is 646 g/mol. The molecule has 0 radical (unpaired) electrons. The Kier molecular flexibility index (Phi) is 12.4. The van der Waals surface area contributed by atoms with Crippen molar-refractivity contribution in [1.29, 1.82) is 0 Å². The van der Waals surface area contributed by atoms with E-state index in [-0.39, 0.29) is 36.2 Å². The minimum Gasteiger partial charge on any atom is -0.497 e. The summed E-state index contributed by atoms with van der Waals surface area (Å²) >= 11 is 0. The van der Waals surface area contributed by atoms with Gasteiger partial charge in [0.1, 0.15) is 17.6 Å². The predicted octanol–water partition coefficient (Wildman–Crippen LogP) is 5.06. The van der Waals surface area contributed by atoms with Crippen LogP contribution in [0.2, 0.25) is 0 Å². The molecule has 0 bridgehead atoms. The lowest BCUT2D eigenvalue weighted by molar-refractivity contribution is -0.141. The van der Waals surface area contributed by atoms with E-state index in [4.69, 9.17) is 4.74 Å². The molecule has 4 rings (SSSR count). The standard InChI is InChI=1S/C36H40FN3O5S/c1-3-39-46(43,44)33-20-13-27(14-21-33)15-22-35(41)40(26-30-9-16-31(37)17-10-30)34(25-29-7-5-4-6-8-29)36(42)38-24-23-28-11-18-32(45-2)19-12-28/h4-14,16-21,34,39H,3,15,22-26H2,1-2H3,(H,38,42)/t34-/m1/s1. The Balaban J connectivity index is 1.55. The SMILES string of the molecule is CCNS(=O)(=O)c1ccc(CCC(=O)N(Cc2ccc(F)cc2)[C@H](Cc2ccccc2)C(=O)NCCc2ccc(OC)cc2)cc1. The maximum Gasteiger partial charge on any atom is 0.243 e. The summed E-state index contributed by atoms with van der Waals surface area (Å²) in [4.78, 5) is 29.5. The zero-order chi connectivity index (χ0) is 32.9. The minimum absolute atomic E-state index is 0.0882. The van der Waals surface area contributed by atoms with Gasteiger partial charge >= 0.3 is 0 Å². The third kappa shape index (κ3) is 9.98. The van der Waals surface area contributed by atoms with Gasteiger partial charge in [0.2, 0.25) is 21.8 Å². The van der Waals surface area contributed by atoms with Crippen LogP contribution in [-0.2, 0) is 45.4 Å². The molecule has 46 heavy (non-hydrogen) atoms. The number of sulfonamides is 1. The predicted molar refractivity (Wildman–Crippen MR) is 176 cm³/mol. The molecule has 2 amide bonds. The van der Waals surface area contributed by atoms with Gasteiger partial charge < -0.3 is 15.0 Å². The fraction of sp³-hybridized carbons (Fsp3) is 0.278. The van der Waals surface area contributed by atoms with Crippen molar-refractivity contribution in [2.45, 2.75) is 50.1 Å². The molecule has 0 saturated carbocycles. The highest BCUT2D eigenvalue weighted by Crippen LogP contribution is 2.19. The molecule has 0 spiro atoms. The highest BCUT2D eigenvalue weighted by Gasteiger charge is 2.30. The number of halogens is 1. The molecule has 0 aliphatic rings. The summed E-state index contributed by atoms with van der Waals surface area (Å²) in [6.45, 7) is 2.47. The molecular formula is C36H40FN3O5S. The Morgan fingerprint density at radius 1 is 0.804 bits per heavy atom. The zero-order valence-corrected chi connectivity index (χ0v) is 26.9. The summed E-state index contributed by atoms with van der Waals surface area (Å²) in [5.41, 5.74) is 3.40. The van der Waals surface area contributed by atoms with E-state index >= 15 is 0 Å². The van der Waals surface area contributed by atoms with Crippen LogP contribution in [0.15, 0.2) is 108 Å². The Morgan fingerprint density at radius 2 is 1.41 bits per heavy atom. The lowest BCUT2D eigenvalue weighted by atomic mass is 10.0. The van der Waals surface area contributed by atoms with Crippen molar-refractivity contribution in [3.05, 3.63) is 131 Å². The highest BCUT2D eigenvalue weighted by atomic mass is 32.2. The van der Waals surface area contributed by atoms with Crippen LogP contribution < -0.4 is 14.8 Å². The summed E-state index contributed by atoms with van der Waals surface area (Å²) in [6.07, 6.45) is 1.32. The smallest absolute Gasteiger partial charge is 0.243 e. The number of nitrogens with one attached hydrogen (secondary N) is 2. The monoisotopic (exact) mass is 645 g/mol. The topological polar surface area (TPSA) is 105 Å². The molecule has 0 heterocycles. The highest BCUT2D eigenvalue weighted by molar-refractivity contribution is 7.89. The molecule has 0 aromatic heterocycles. The Morgan fingerprint density at radius 3 is 2.04 bits per heavy atom. The number of benzene rings is 4. The number of nitrogens with zero attached hydrogens (tertiary/aromatic N) is 1. The molecule has 2 N–H and O–H groups in total. The number of methoxy groups -OCH3 is 1. The summed E-state index contributed by atoms with van der Waals surface area (Å²) < 4.78 is 46.1. The maximum atomic E-state index is 13.9. The lowest BCUT2D eigenvalue weighted by Gasteiger charge is -2.32.